The van der Waals surface area contributed by atoms with Gasteiger partial charge in [-0.1, -0.05) is 6.92 Å². The van der Waals surface area contributed by atoms with Crippen molar-refractivity contribution in [2.45, 2.75) is 24.7 Å². The molecule has 0 spiro atoms. The summed E-state index contributed by atoms with van der Waals surface area (Å²) in [5.41, 5.74) is 0.516. The van der Waals surface area contributed by atoms with Gasteiger partial charge in [0.1, 0.15) is 0 Å². The number of amides is 1. The van der Waals surface area contributed by atoms with Crippen molar-refractivity contribution >= 4 is 21.6 Å². The van der Waals surface area contributed by atoms with Crippen molar-refractivity contribution in [3.05, 3.63) is 48.4 Å². The maximum atomic E-state index is 12.7. The minimum atomic E-state index is -3.48. The van der Waals surface area contributed by atoms with Crippen LogP contribution < -0.4 is 5.32 Å². The van der Waals surface area contributed by atoms with Gasteiger partial charge in [-0.25, -0.2) is 8.42 Å². The van der Waals surface area contributed by atoms with Crippen molar-refractivity contribution < 1.29 is 17.6 Å². The fraction of sp³-hybridized carbons (Fsp3) is 0.353. The Morgan fingerprint density at radius 3 is 2.62 bits per heavy atom. The number of sulfonamides is 1. The molecule has 2 aromatic rings. The molecule has 1 saturated heterocycles. The molecule has 24 heavy (non-hydrogen) atoms. The van der Waals surface area contributed by atoms with E-state index in [1.54, 1.807) is 24.3 Å². The lowest BCUT2D eigenvalue weighted by atomic mass is 10.0. The molecular weight excluding hydrogens is 328 g/mol. The first-order valence-electron chi connectivity index (χ1n) is 7.92. The van der Waals surface area contributed by atoms with Gasteiger partial charge in [-0.2, -0.15) is 4.31 Å². The Labute approximate surface area is 141 Å². The molecule has 1 aromatic carbocycles. The average molecular weight is 348 g/mol. The van der Waals surface area contributed by atoms with E-state index < -0.39 is 10.0 Å². The molecule has 6 nitrogen and oxygen atoms in total. The highest BCUT2D eigenvalue weighted by molar-refractivity contribution is 7.89. The lowest BCUT2D eigenvalue weighted by Crippen LogP contribution is -2.39. The highest BCUT2D eigenvalue weighted by Gasteiger charge is 2.28. The van der Waals surface area contributed by atoms with E-state index in [0.29, 0.717) is 24.7 Å². The van der Waals surface area contributed by atoms with Gasteiger partial charge in [-0.15, -0.1) is 0 Å². The van der Waals surface area contributed by atoms with Crippen LogP contribution in [0, 0.1) is 5.92 Å². The largest absolute Gasteiger partial charge is 0.459 e. The highest BCUT2D eigenvalue weighted by Crippen LogP contribution is 2.24. The molecule has 1 atom stereocenters. The van der Waals surface area contributed by atoms with E-state index in [2.05, 4.69) is 12.2 Å². The van der Waals surface area contributed by atoms with Crippen LogP contribution in [0.3, 0.4) is 0 Å². The molecule has 2 heterocycles. The maximum Gasteiger partial charge on any atom is 0.291 e. The van der Waals surface area contributed by atoms with Crippen LogP contribution in [0.15, 0.2) is 52.0 Å². The second kappa shape index (κ2) is 6.78. The summed E-state index contributed by atoms with van der Waals surface area (Å²) in [5.74, 6) is 0.204. The van der Waals surface area contributed by atoms with E-state index in [9.17, 15) is 13.2 Å². The minimum Gasteiger partial charge on any atom is -0.459 e. The number of furan rings is 1. The Bertz CT molecular complexity index is 798. The fourth-order valence-electron chi connectivity index (χ4n) is 2.82. The van der Waals surface area contributed by atoms with Crippen molar-refractivity contribution in [1.29, 1.82) is 0 Å². The zero-order valence-corrected chi connectivity index (χ0v) is 14.3. The molecule has 0 saturated carbocycles. The average Bonchev–Trinajstić information content (AvgIpc) is 3.10. The van der Waals surface area contributed by atoms with Crippen LogP contribution in [0.5, 0.6) is 0 Å². The molecule has 7 heteroatoms. The molecule has 1 unspecified atom stereocenters. The first-order valence-corrected chi connectivity index (χ1v) is 9.36. The van der Waals surface area contributed by atoms with Crippen LogP contribution in [0.2, 0.25) is 0 Å². The summed E-state index contributed by atoms with van der Waals surface area (Å²) in [6.07, 6.45) is 3.37. The summed E-state index contributed by atoms with van der Waals surface area (Å²) in [6, 6.07) is 9.40. The Balaban J connectivity index is 1.73. The van der Waals surface area contributed by atoms with E-state index in [4.69, 9.17) is 4.42 Å². The first kappa shape index (κ1) is 16.7. The van der Waals surface area contributed by atoms with Gasteiger partial charge in [0.25, 0.3) is 5.91 Å². The molecule has 1 amide bonds. The molecule has 1 aliphatic rings. The van der Waals surface area contributed by atoms with Crippen molar-refractivity contribution in [1.82, 2.24) is 4.31 Å². The molecule has 3 rings (SSSR count). The van der Waals surface area contributed by atoms with Crippen LogP contribution >= 0.6 is 0 Å². The zero-order valence-electron chi connectivity index (χ0n) is 13.4. The highest BCUT2D eigenvalue weighted by atomic mass is 32.2. The summed E-state index contributed by atoms with van der Waals surface area (Å²) in [5, 5.41) is 2.67. The smallest absolute Gasteiger partial charge is 0.291 e. The van der Waals surface area contributed by atoms with Gasteiger partial charge in [-0.05, 0) is 55.2 Å². The quantitative estimate of drug-likeness (QED) is 0.921. The molecule has 0 aliphatic carbocycles. The summed E-state index contributed by atoms with van der Waals surface area (Å²) in [7, 11) is -3.48. The lowest BCUT2D eigenvalue weighted by Gasteiger charge is -2.30. The number of nitrogens with one attached hydrogen (secondary N) is 1. The van der Waals surface area contributed by atoms with Crippen LogP contribution in [-0.2, 0) is 10.0 Å². The molecule has 0 bridgehead atoms. The molecular formula is C17H20N2O4S. The SMILES string of the molecule is CC1CCCN(S(=O)(=O)c2ccc(NC(=O)c3ccco3)cc2)C1. The van der Waals surface area contributed by atoms with E-state index >= 15 is 0 Å². The summed E-state index contributed by atoms with van der Waals surface area (Å²) >= 11 is 0. The van der Waals surface area contributed by atoms with Crippen molar-refractivity contribution in [3.8, 4) is 0 Å². The second-order valence-corrected chi connectivity index (χ2v) is 8.00. The lowest BCUT2D eigenvalue weighted by molar-refractivity contribution is 0.0996. The third-order valence-corrected chi connectivity index (χ3v) is 5.99. The van der Waals surface area contributed by atoms with Gasteiger partial charge in [0.15, 0.2) is 5.76 Å². The van der Waals surface area contributed by atoms with E-state index in [1.165, 1.54) is 22.7 Å². The second-order valence-electron chi connectivity index (χ2n) is 6.07. The Hall–Kier alpha value is -2.12. The minimum absolute atomic E-state index is 0.203. The number of anilines is 1. The number of carbonyl (C=O) groups is 1. The normalized spacial score (nSPS) is 19.1. The summed E-state index contributed by atoms with van der Waals surface area (Å²) in [6.45, 7) is 3.18. The number of benzene rings is 1. The van der Waals surface area contributed by atoms with Crippen LogP contribution in [0.25, 0.3) is 0 Å². The van der Waals surface area contributed by atoms with Crippen LogP contribution in [0.4, 0.5) is 5.69 Å². The first-order chi connectivity index (χ1) is 11.5. The number of nitrogens with zero attached hydrogens (tertiary/aromatic N) is 1. The van der Waals surface area contributed by atoms with Gasteiger partial charge in [0.05, 0.1) is 11.2 Å². The monoisotopic (exact) mass is 348 g/mol. The summed E-state index contributed by atoms with van der Waals surface area (Å²) < 4.78 is 31.9. The molecule has 128 valence electrons. The standard InChI is InChI=1S/C17H20N2O4S/c1-13-4-2-10-19(12-13)24(21,22)15-8-6-14(7-9-15)18-17(20)16-5-3-11-23-16/h3,5-9,11,13H,2,4,10,12H2,1H3,(H,18,20). The van der Waals surface area contributed by atoms with Crippen molar-refractivity contribution in [3.63, 3.8) is 0 Å². The van der Waals surface area contributed by atoms with Crippen LogP contribution in [-0.4, -0.2) is 31.7 Å². The third-order valence-electron chi connectivity index (χ3n) is 4.11. The van der Waals surface area contributed by atoms with Gasteiger partial charge in [0, 0.05) is 18.8 Å². The van der Waals surface area contributed by atoms with E-state index in [0.717, 1.165) is 12.8 Å². The number of carbonyl (C=O) groups excluding carboxylic acids is 1. The fourth-order valence-corrected chi connectivity index (χ4v) is 4.42. The Morgan fingerprint density at radius 1 is 1.25 bits per heavy atom. The number of hydrogen-bond donors (Lipinski definition) is 1. The summed E-state index contributed by atoms with van der Waals surface area (Å²) in [4.78, 5) is 12.2. The van der Waals surface area contributed by atoms with Gasteiger partial charge in [-0.3, -0.25) is 4.79 Å². The zero-order chi connectivity index (χ0) is 17.2. The van der Waals surface area contributed by atoms with E-state index in [1.807, 2.05) is 0 Å². The Kier molecular flexibility index (Phi) is 4.73. The molecule has 1 aliphatic heterocycles. The predicted octanol–water partition coefficient (Wildman–Crippen LogP) is 2.95. The van der Waals surface area contributed by atoms with Crippen molar-refractivity contribution in [2.24, 2.45) is 5.92 Å². The number of hydrogen-bond acceptors (Lipinski definition) is 4. The van der Waals surface area contributed by atoms with Crippen molar-refractivity contribution in [2.75, 3.05) is 18.4 Å². The van der Waals surface area contributed by atoms with E-state index in [-0.39, 0.29) is 16.6 Å². The molecule has 0 radical (unpaired) electrons. The molecule has 1 fully saturated rings. The predicted molar refractivity (Wildman–Crippen MR) is 90.3 cm³/mol. The number of piperidine rings is 1. The van der Waals surface area contributed by atoms with Crippen LogP contribution in [0.1, 0.15) is 30.3 Å². The molecule has 1 aromatic heterocycles. The van der Waals surface area contributed by atoms with Gasteiger partial charge >= 0.3 is 0 Å². The molecule has 1 N–H and O–H groups in total. The maximum absolute atomic E-state index is 12.7. The van der Waals surface area contributed by atoms with Gasteiger partial charge < -0.3 is 9.73 Å². The number of rotatable bonds is 4. The topological polar surface area (TPSA) is 79.6 Å². The third kappa shape index (κ3) is 3.52. The van der Waals surface area contributed by atoms with Gasteiger partial charge in [0.2, 0.25) is 10.0 Å². The Morgan fingerprint density at radius 2 is 2.00 bits per heavy atom.